The fraction of sp³-hybridized carbons (Fsp3) is 0.750. The molecule has 0 aromatic rings. The van der Waals surface area contributed by atoms with Crippen LogP contribution in [0.3, 0.4) is 0 Å². The molecule has 0 fully saturated rings. The highest BCUT2D eigenvalue weighted by molar-refractivity contribution is 5.84. The highest BCUT2D eigenvalue weighted by Gasteiger charge is 2.36. The number of carbonyl (C=O) groups is 2. The quantitative estimate of drug-likeness (QED) is 0.666. The maximum atomic E-state index is 12.1. The predicted octanol–water partition coefficient (Wildman–Crippen LogP) is -0.564. The average Bonchev–Trinajstić information content (AvgIpc) is 2.15. The van der Waals surface area contributed by atoms with E-state index in [9.17, 15) is 22.8 Å². The van der Waals surface area contributed by atoms with Gasteiger partial charge in [0.05, 0.1) is 0 Å². The van der Waals surface area contributed by atoms with Crippen molar-refractivity contribution >= 4 is 11.9 Å². The molecule has 0 rings (SSSR count). The summed E-state index contributed by atoms with van der Waals surface area (Å²) in [5.41, 5.74) is 5.12. The predicted molar refractivity (Wildman–Crippen MR) is 50.1 cm³/mol. The van der Waals surface area contributed by atoms with E-state index in [2.05, 4.69) is 4.74 Å². The third kappa shape index (κ3) is 6.07. The molecule has 0 aliphatic carbocycles. The van der Waals surface area contributed by atoms with E-state index < -0.39 is 37.2 Å². The summed E-state index contributed by atoms with van der Waals surface area (Å²) in [6.45, 7) is -3.04. The number of methoxy groups -OCH3 is 1. The lowest BCUT2D eigenvalue weighted by molar-refractivity contribution is -0.170. The van der Waals surface area contributed by atoms with Crippen molar-refractivity contribution in [2.24, 2.45) is 5.73 Å². The molecule has 0 aliphatic rings. The zero-order valence-corrected chi connectivity index (χ0v) is 9.03. The number of carboxylic acid groups (broad SMARTS) is 1. The summed E-state index contributed by atoms with van der Waals surface area (Å²) < 4.78 is 40.9. The molecule has 0 radical (unpaired) electrons. The molecular weight excluding hydrogens is 245 g/mol. The number of carboxylic acids is 1. The van der Waals surface area contributed by atoms with Crippen LogP contribution in [0.2, 0.25) is 0 Å². The normalized spacial score (nSPS) is 13.2. The molecule has 9 heteroatoms. The summed E-state index contributed by atoms with van der Waals surface area (Å²) in [7, 11) is 1.10. The molecular formula is C8H13F3N2O4. The van der Waals surface area contributed by atoms with Gasteiger partial charge in [-0.3, -0.25) is 9.59 Å². The van der Waals surface area contributed by atoms with Crippen molar-refractivity contribution in [1.82, 2.24) is 4.90 Å². The van der Waals surface area contributed by atoms with Crippen LogP contribution in [-0.4, -0.2) is 60.9 Å². The number of hydrogen-bond donors (Lipinski definition) is 2. The highest BCUT2D eigenvalue weighted by Crippen LogP contribution is 2.17. The second-order valence-corrected chi connectivity index (χ2v) is 3.16. The third-order valence-corrected chi connectivity index (χ3v) is 1.78. The maximum Gasteiger partial charge on any atom is 0.406 e. The Balaban J connectivity index is 4.78. The summed E-state index contributed by atoms with van der Waals surface area (Å²) in [6, 6.07) is 0. The van der Waals surface area contributed by atoms with E-state index in [1.165, 1.54) is 0 Å². The first kappa shape index (κ1) is 15.7. The van der Waals surface area contributed by atoms with E-state index in [1.807, 2.05) is 0 Å². The number of alkyl halides is 3. The largest absolute Gasteiger partial charge is 0.480 e. The fourth-order valence-corrected chi connectivity index (χ4v) is 1.09. The molecule has 0 aliphatic heterocycles. The molecule has 1 amide bonds. The van der Waals surface area contributed by atoms with Gasteiger partial charge in [-0.15, -0.1) is 0 Å². The number of ether oxygens (including phenoxy) is 1. The van der Waals surface area contributed by atoms with Gasteiger partial charge >= 0.3 is 12.1 Å². The molecule has 6 nitrogen and oxygen atoms in total. The summed E-state index contributed by atoms with van der Waals surface area (Å²) in [5.74, 6) is -2.65. The molecule has 0 bridgehead atoms. The number of aliphatic carboxylic acids is 1. The lowest BCUT2D eigenvalue weighted by Gasteiger charge is -2.25. The molecule has 0 saturated carbocycles. The van der Waals surface area contributed by atoms with Gasteiger partial charge in [-0.1, -0.05) is 0 Å². The minimum Gasteiger partial charge on any atom is -0.480 e. The second kappa shape index (κ2) is 6.40. The Kier molecular flexibility index (Phi) is 5.89. The topological polar surface area (TPSA) is 92.9 Å². The van der Waals surface area contributed by atoms with E-state index in [-0.39, 0.29) is 11.4 Å². The number of nitrogens with zero attached hydrogens (tertiary/aromatic N) is 1. The number of amides is 1. The molecule has 17 heavy (non-hydrogen) atoms. The van der Waals surface area contributed by atoms with Crippen LogP contribution in [-0.2, 0) is 14.3 Å². The van der Waals surface area contributed by atoms with Crippen molar-refractivity contribution in [2.45, 2.75) is 12.3 Å². The van der Waals surface area contributed by atoms with Crippen LogP contribution in [0.4, 0.5) is 13.2 Å². The van der Waals surface area contributed by atoms with Crippen molar-refractivity contribution in [3.63, 3.8) is 0 Å². The van der Waals surface area contributed by atoms with E-state index in [0.717, 1.165) is 7.11 Å². The number of carbonyl (C=O) groups excluding carboxylic acids is 1. The number of rotatable bonds is 6. The lowest BCUT2D eigenvalue weighted by atomic mass is 10.3. The van der Waals surface area contributed by atoms with Gasteiger partial charge < -0.3 is 20.5 Å². The van der Waals surface area contributed by atoms with Crippen LogP contribution in [0.25, 0.3) is 0 Å². The molecule has 0 saturated heterocycles. The molecule has 1 atom stereocenters. The first-order chi connectivity index (χ1) is 7.71. The molecule has 0 aromatic carbocycles. The van der Waals surface area contributed by atoms with E-state index in [0.29, 0.717) is 0 Å². The molecule has 0 aromatic heterocycles. The minimum atomic E-state index is -4.68. The van der Waals surface area contributed by atoms with Crippen LogP contribution in [0.5, 0.6) is 0 Å². The SMILES string of the molecule is COC(CN)C(=O)N(CC(=O)O)CC(F)(F)F. The number of halogens is 3. The van der Waals surface area contributed by atoms with Crippen LogP contribution >= 0.6 is 0 Å². The lowest BCUT2D eigenvalue weighted by Crippen LogP contribution is -2.49. The van der Waals surface area contributed by atoms with Gasteiger partial charge in [0.1, 0.15) is 19.2 Å². The zero-order chi connectivity index (χ0) is 13.6. The third-order valence-electron chi connectivity index (χ3n) is 1.78. The van der Waals surface area contributed by atoms with Crippen molar-refractivity contribution in [1.29, 1.82) is 0 Å². The number of nitrogens with two attached hydrogens (primary N) is 1. The first-order valence-electron chi connectivity index (χ1n) is 4.51. The van der Waals surface area contributed by atoms with Gasteiger partial charge in [0.15, 0.2) is 0 Å². The van der Waals surface area contributed by atoms with Crippen LogP contribution in [0.15, 0.2) is 0 Å². The van der Waals surface area contributed by atoms with Gasteiger partial charge in [-0.05, 0) is 0 Å². The fourth-order valence-electron chi connectivity index (χ4n) is 1.09. The standard InChI is InChI=1S/C8H13F3N2O4/c1-17-5(2-12)7(16)13(3-6(14)15)4-8(9,10)11/h5H,2-4,12H2,1H3,(H,14,15). The van der Waals surface area contributed by atoms with Gasteiger partial charge in [0, 0.05) is 13.7 Å². The maximum absolute atomic E-state index is 12.1. The Hall–Kier alpha value is -1.35. The first-order valence-corrected chi connectivity index (χ1v) is 4.51. The Morgan fingerprint density at radius 1 is 1.47 bits per heavy atom. The smallest absolute Gasteiger partial charge is 0.406 e. The highest BCUT2D eigenvalue weighted by atomic mass is 19.4. The molecule has 0 spiro atoms. The Bertz CT molecular complexity index is 278. The second-order valence-electron chi connectivity index (χ2n) is 3.16. The van der Waals surface area contributed by atoms with Gasteiger partial charge in [0.25, 0.3) is 5.91 Å². The van der Waals surface area contributed by atoms with Gasteiger partial charge in [0.2, 0.25) is 0 Å². The van der Waals surface area contributed by atoms with Crippen molar-refractivity contribution in [2.75, 3.05) is 26.7 Å². The van der Waals surface area contributed by atoms with E-state index >= 15 is 0 Å². The number of hydrogen-bond acceptors (Lipinski definition) is 4. The monoisotopic (exact) mass is 258 g/mol. The van der Waals surface area contributed by atoms with Crippen molar-refractivity contribution < 1.29 is 32.6 Å². The van der Waals surface area contributed by atoms with Gasteiger partial charge in [-0.2, -0.15) is 13.2 Å². The molecule has 0 heterocycles. The minimum absolute atomic E-state index is 0.142. The summed E-state index contributed by atoms with van der Waals surface area (Å²) in [6.07, 6.45) is -5.96. The Morgan fingerprint density at radius 3 is 2.29 bits per heavy atom. The van der Waals surface area contributed by atoms with Gasteiger partial charge in [-0.25, -0.2) is 0 Å². The van der Waals surface area contributed by atoms with Crippen LogP contribution < -0.4 is 5.73 Å². The summed E-state index contributed by atoms with van der Waals surface area (Å²) in [5, 5.41) is 8.42. The van der Waals surface area contributed by atoms with E-state index in [4.69, 9.17) is 10.8 Å². The van der Waals surface area contributed by atoms with E-state index in [1.54, 1.807) is 0 Å². The molecule has 1 unspecified atom stereocenters. The molecule has 3 N–H and O–H groups in total. The van der Waals surface area contributed by atoms with Crippen molar-refractivity contribution in [3.05, 3.63) is 0 Å². The summed E-state index contributed by atoms with van der Waals surface area (Å²) in [4.78, 5) is 22.0. The zero-order valence-electron chi connectivity index (χ0n) is 9.03. The summed E-state index contributed by atoms with van der Waals surface area (Å²) >= 11 is 0. The van der Waals surface area contributed by atoms with Crippen molar-refractivity contribution in [3.8, 4) is 0 Å². The van der Waals surface area contributed by atoms with Crippen LogP contribution in [0.1, 0.15) is 0 Å². The average molecular weight is 258 g/mol. The Morgan fingerprint density at radius 2 is 2.00 bits per heavy atom. The molecule has 100 valence electrons. The van der Waals surface area contributed by atoms with Crippen LogP contribution in [0, 0.1) is 0 Å². The Labute approximate surface area is 95.1 Å².